The van der Waals surface area contributed by atoms with Crippen molar-refractivity contribution in [3.63, 3.8) is 0 Å². The molecule has 0 bridgehead atoms. The van der Waals surface area contributed by atoms with Gasteiger partial charge in [-0.2, -0.15) is 0 Å². The molecule has 2 rings (SSSR count). The molecular weight excluding hydrogens is 156 g/mol. The lowest BCUT2D eigenvalue weighted by molar-refractivity contribution is 1.42. The van der Waals surface area contributed by atoms with Gasteiger partial charge >= 0.3 is 0 Å². The Balaban J connectivity index is 2.87. The molecule has 11 heavy (non-hydrogen) atoms. The van der Waals surface area contributed by atoms with Gasteiger partial charge < -0.3 is 10.7 Å². The smallest absolute Gasteiger partial charge is 0.0467 e. The van der Waals surface area contributed by atoms with Gasteiger partial charge in [-0.15, -0.1) is 12.6 Å². The van der Waals surface area contributed by atoms with E-state index in [1.807, 2.05) is 24.4 Å². The Hall–Kier alpha value is -1.09. The number of rotatable bonds is 0. The number of hydrogen-bond donors (Lipinski definition) is 3. The number of H-pyrrole nitrogens is 1. The van der Waals surface area contributed by atoms with Gasteiger partial charge in [0.2, 0.25) is 0 Å². The summed E-state index contributed by atoms with van der Waals surface area (Å²) in [5, 5.41) is 1.08. The first kappa shape index (κ1) is 6.61. The predicted octanol–water partition coefficient (Wildman–Crippen LogP) is 2.04. The number of fused-ring (bicyclic) bond motifs is 1. The zero-order chi connectivity index (χ0) is 7.84. The maximum absolute atomic E-state index is 5.60. The lowest BCUT2D eigenvalue weighted by atomic mass is 10.2. The van der Waals surface area contributed by atoms with E-state index in [4.69, 9.17) is 5.73 Å². The van der Waals surface area contributed by atoms with E-state index >= 15 is 0 Å². The molecule has 1 heterocycles. The molecule has 0 fully saturated rings. The Kier molecular flexibility index (Phi) is 1.32. The van der Waals surface area contributed by atoms with Gasteiger partial charge in [0.1, 0.15) is 0 Å². The molecule has 2 aromatic rings. The van der Waals surface area contributed by atoms with Crippen molar-refractivity contribution >= 4 is 29.2 Å². The van der Waals surface area contributed by atoms with Crippen LogP contribution in [-0.2, 0) is 0 Å². The van der Waals surface area contributed by atoms with Gasteiger partial charge in [-0.25, -0.2) is 0 Å². The average Bonchev–Trinajstić information content (AvgIpc) is 2.33. The van der Waals surface area contributed by atoms with Gasteiger partial charge in [0.25, 0.3) is 0 Å². The standard InChI is InChI=1S/C8H8N2S/c9-5-1-2-7-6(3-5)8(11)4-10-7/h1-4,10-11H,9H2. The summed E-state index contributed by atoms with van der Waals surface area (Å²) in [6, 6.07) is 5.73. The van der Waals surface area contributed by atoms with E-state index in [0.29, 0.717) is 0 Å². The molecule has 0 saturated heterocycles. The second-order valence-electron chi connectivity index (χ2n) is 2.48. The van der Waals surface area contributed by atoms with Gasteiger partial charge in [0, 0.05) is 27.7 Å². The highest BCUT2D eigenvalue weighted by molar-refractivity contribution is 7.80. The largest absolute Gasteiger partial charge is 0.399 e. The van der Waals surface area contributed by atoms with Crippen molar-refractivity contribution in [2.75, 3.05) is 5.73 Å². The van der Waals surface area contributed by atoms with Crippen LogP contribution in [0.15, 0.2) is 29.3 Å². The molecule has 0 saturated carbocycles. The summed E-state index contributed by atoms with van der Waals surface area (Å²) in [5.41, 5.74) is 7.45. The fourth-order valence-electron chi connectivity index (χ4n) is 1.12. The summed E-state index contributed by atoms with van der Waals surface area (Å²) in [4.78, 5) is 4.02. The van der Waals surface area contributed by atoms with Crippen molar-refractivity contribution in [1.82, 2.24) is 4.98 Å². The van der Waals surface area contributed by atoms with Crippen LogP contribution >= 0.6 is 12.6 Å². The molecule has 1 aromatic carbocycles. The molecule has 3 heteroatoms. The van der Waals surface area contributed by atoms with E-state index in [0.717, 1.165) is 21.5 Å². The van der Waals surface area contributed by atoms with Gasteiger partial charge in [-0.1, -0.05) is 0 Å². The van der Waals surface area contributed by atoms with Crippen molar-refractivity contribution in [2.24, 2.45) is 0 Å². The second kappa shape index (κ2) is 2.20. The van der Waals surface area contributed by atoms with Gasteiger partial charge in [0.05, 0.1) is 0 Å². The minimum Gasteiger partial charge on any atom is -0.399 e. The molecule has 0 aliphatic rings. The molecule has 0 atom stereocenters. The van der Waals surface area contributed by atoms with E-state index in [9.17, 15) is 0 Å². The van der Waals surface area contributed by atoms with Crippen LogP contribution in [0.25, 0.3) is 10.9 Å². The minimum absolute atomic E-state index is 0.771. The van der Waals surface area contributed by atoms with E-state index in [1.165, 1.54) is 0 Å². The summed E-state index contributed by atoms with van der Waals surface area (Å²) in [6.45, 7) is 0. The topological polar surface area (TPSA) is 41.8 Å². The van der Waals surface area contributed by atoms with Crippen molar-refractivity contribution < 1.29 is 0 Å². The minimum atomic E-state index is 0.771. The summed E-state index contributed by atoms with van der Waals surface area (Å²) >= 11 is 4.26. The fourth-order valence-corrected chi connectivity index (χ4v) is 1.37. The maximum Gasteiger partial charge on any atom is 0.0467 e. The van der Waals surface area contributed by atoms with Crippen LogP contribution in [-0.4, -0.2) is 4.98 Å². The molecular formula is C8H8N2S. The van der Waals surface area contributed by atoms with Crippen LogP contribution in [0.2, 0.25) is 0 Å². The van der Waals surface area contributed by atoms with Crippen molar-refractivity contribution in [2.45, 2.75) is 4.90 Å². The Labute approximate surface area is 69.8 Å². The highest BCUT2D eigenvalue weighted by atomic mass is 32.1. The van der Waals surface area contributed by atoms with Gasteiger partial charge in [0.15, 0.2) is 0 Å². The van der Waals surface area contributed by atoms with Crippen LogP contribution in [0.3, 0.4) is 0 Å². The molecule has 3 N–H and O–H groups in total. The predicted molar refractivity (Wildman–Crippen MR) is 50.0 cm³/mol. The third-order valence-electron chi connectivity index (χ3n) is 1.68. The number of aromatic amines is 1. The highest BCUT2D eigenvalue weighted by Gasteiger charge is 1.98. The molecule has 2 nitrogen and oxygen atoms in total. The fraction of sp³-hybridized carbons (Fsp3) is 0. The van der Waals surface area contributed by atoms with Gasteiger partial charge in [-0.3, -0.25) is 0 Å². The van der Waals surface area contributed by atoms with Crippen molar-refractivity contribution in [3.05, 3.63) is 24.4 Å². The normalized spacial score (nSPS) is 10.6. The first-order chi connectivity index (χ1) is 5.27. The number of nitrogens with two attached hydrogens (primary N) is 1. The SMILES string of the molecule is Nc1ccc2[nH]cc(S)c2c1. The zero-order valence-corrected chi connectivity index (χ0v) is 6.73. The molecule has 0 spiro atoms. The van der Waals surface area contributed by atoms with E-state index in [-0.39, 0.29) is 0 Å². The monoisotopic (exact) mass is 164 g/mol. The van der Waals surface area contributed by atoms with Gasteiger partial charge in [-0.05, 0) is 18.2 Å². The lowest BCUT2D eigenvalue weighted by Crippen LogP contribution is -1.81. The molecule has 0 radical (unpaired) electrons. The number of aromatic nitrogens is 1. The number of nitrogens with one attached hydrogen (secondary N) is 1. The summed E-state index contributed by atoms with van der Waals surface area (Å²) in [5.74, 6) is 0. The Morgan fingerprint density at radius 3 is 3.00 bits per heavy atom. The van der Waals surface area contributed by atoms with E-state index in [2.05, 4.69) is 17.6 Å². The first-order valence-electron chi connectivity index (χ1n) is 3.33. The quantitative estimate of drug-likeness (QED) is 0.405. The number of hydrogen-bond acceptors (Lipinski definition) is 2. The van der Waals surface area contributed by atoms with Crippen molar-refractivity contribution in [3.8, 4) is 0 Å². The number of benzene rings is 1. The molecule has 56 valence electrons. The number of nitrogen functional groups attached to an aromatic ring is 1. The Bertz CT molecular complexity index is 392. The zero-order valence-electron chi connectivity index (χ0n) is 5.83. The number of anilines is 1. The van der Waals surface area contributed by atoms with Crippen LogP contribution in [0, 0.1) is 0 Å². The average molecular weight is 164 g/mol. The first-order valence-corrected chi connectivity index (χ1v) is 3.77. The second-order valence-corrected chi connectivity index (χ2v) is 2.96. The van der Waals surface area contributed by atoms with Crippen LogP contribution < -0.4 is 5.73 Å². The Morgan fingerprint density at radius 2 is 2.18 bits per heavy atom. The lowest BCUT2D eigenvalue weighted by Gasteiger charge is -1.92. The third-order valence-corrected chi connectivity index (χ3v) is 2.05. The highest BCUT2D eigenvalue weighted by Crippen LogP contribution is 2.22. The summed E-state index contributed by atoms with van der Waals surface area (Å²) < 4.78 is 0. The molecule has 0 amide bonds. The number of thiol groups is 1. The van der Waals surface area contributed by atoms with Crippen molar-refractivity contribution in [1.29, 1.82) is 0 Å². The van der Waals surface area contributed by atoms with Crippen LogP contribution in [0.5, 0.6) is 0 Å². The van der Waals surface area contributed by atoms with E-state index in [1.54, 1.807) is 0 Å². The molecule has 1 aromatic heterocycles. The Morgan fingerprint density at radius 1 is 1.36 bits per heavy atom. The molecule has 0 unspecified atom stereocenters. The van der Waals surface area contributed by atoms with Crippen LogP contribution in [0.4, 0.5) is 5.69 Å². The summed E-state index contributed by atoms with van der Waals surface area (Å²) in [6.07, 6.45) is 1.85. The van der Waals surface area contributed by atoms with E-state index < -0.39 is 0 Å². The molecule has 0 aliphatic carbocycles. The third kappa shape index (κ3) is 0.973. The van der Waals surface area contributed by atoms with Crippen LogP contribution in [0.1, 0.15) is 0 Å². The summed E-state index contributed by atoms with van der Waals surface area (Å²) in [7, 11) is 0. The maximum atomic E-state index is 5.60. The molecule has 0 aliphatic heterocycles.